The molecular formula is C21H16O5. The van der Waals surface area contributed by atoms with Gasteiger partial charge < -0.3 is 18.6 Å². The van der Waals surface area contributed by atoms with Gasteiger partial charge in [-0.1, -0.05) is 18.2 Å². The number of hydrogen-bond donors (Lipinski definition) is 0. The van der Waals surface area contributed by atoms with Gasteiger partial charge in [0, 0.05) is 17.7 Å². The number of Topliss-reactive ketones (excluding diaryl/α,β-unsaturated/α-hetero) is 1. The largest absolute Gasteiger partial charge is 0.496 e. The molecule has 0 unspecified atom stereocenters. The summed E-state index contributed by atoms with van der Waals surface area (Å²) in [6.45, 7) is 0.353. The number of fused-ring (bicyclic) bond motifs is 1. The lowest BCUT2D eigenvalue weighted by atomic mass is 10.1. The third-order valence-corrected chi connectivity index (χ3v) is 4.04. The number of furan rings is 1. The quantitative estimate of drug-likeness (QED) is 0.636. The number of ether oxygens (including phenoxy) is 3. The van der Waals surface area contributed by atoms with Crippen molar-refractivity contribution in [2.45, 2.75) is 6.61 Å². The second-order valence-corrected chi connectivity index (χ2v) is 5.71. The van der Waals surface area contributed by atoms with Gasteiger partial charge in [0.2, 0.25) is 5.78 Å². The van der Waals surface area contributed by atoms with Crippen molar-refractivity contribution in [3.8, 4) is 17.2 Å². The summed E-state index contributed by atoms with van der Waals surface area (Å²) in [6, 6.07) is 16.3. The SMILES string of the molecule is COc1ccccc1COc1ccc2c(c1)O/C(=C\c1ccco1)C2=O. The molecule has 2 heterocycles. The second kappa shape index (κ2) is 6.80. The molecule has 0 bridgehead atoms. The van der Waals surface area contributed by atoms with Crippen molar-refractivity contribution in [1.29, 1.82) is 0 Å². The van der Waals surface area contributed by atoms with E-state index in [1.807, 2.05) is 24.3 Å². The Kier molecular flexibility index (Phi) is 4.19. The van der Waals surface area contributed by atoms with Crippen LogP contribution in [-0.4, -0.2) is 12.9 Å². The lowest BCUT2D eigenvalue weighted by Gasteiger charge is -2.10. The fourth-order valence-corrected chi connectivity index (χ4v) is 2.74. The van der Waals surface area contributed by atoms with Gasteiger partial charge in [0.15, 0.2) is 5.76 Å². The van der Waals surface area contributed by atoms with Crippen LogP contribution in [0.5, 0.6) is 17.2 Å². The van der Waals surface area contributed by atoms with Crippen molar-refractivity contribution in [2.24, 2.45) is 0 Å². The first-order valence-electron chi connectivity index (χ1n) is 8.11. The Morgan fingerprint density at radius 3 is 2.77 bits per heavy atom. The molecule has 5 heteroatoms. The molecule has 0 aliphatic carbocycles. The number of rotatable bonds is 5. The second-order valence-electron chi connectivity index (χ2n) is 5.71. The molecule has 0 atom stereocenters. The Morgan fingerprint density at radius 1 is 1.08 bits per heavy atom. The van der Waals surface area contributed by atoms with Crippen molar-refractivity contribution in [1.82, 2.24) is 0 Å². The van der Waals surface area contributed by atoms with Crippen LogP contribution in [0.3, 0.4) is 0 Å². The van der Waals surface area contributed by atoms with Crippen LogP contribution in [0.15, 0.2) is 71.0 Å². The zero-order valence-electron chi connectivity index (χ0n) is 14.1. The van der Waals surface area contributed by atoms with E-state index in [1.54, 1.807) is 49.8 Å². The molecule has 0 N–H and O–H groups in total. The Balaban J connectivity index is 1.52. The summed E-state index contributed by atoms with van der Waals surface area (Å²) in [6.07, 6.45) is 3.13. The topological polar surface area (TPSA) is 57.9 Å². The van der Waals surface area contributed by atoms with Crippen molar-refractivity contribution in [2.75, 3.05) is 7.11 Å². The normalized spacial score (nSPS) is 14.2. The average molecular weight is 348 g/mol. The molecule has 3 aromatic rings. The summed E-state index contributed by atoms with van der Waals surface area (Å²) < 4.78 is 22.1. The van der Waals surface area contributed by atoms with Crippen molar-refractivity contribution in [3.05, 3.63) is 83.5 Å². The molecular weight excluding hydrogens is 332 g/mol. The Morgan fingerprint density at radius 2 is 1.96 bits per heavy atom. The summed E-state index contributed by atoms with van der Waals surface area (Å²) in [4.78, 5) is 12.4. The number of ketones is 1. The van der Waals surface area contributed by atoms with Crippen LogP contribution >= 0.6 is 0 Å². The fourth-order valence-electron chi connectivity index (χ4n) is 2.74. The number of carbonyl (C=O) groups is 1. The maximum atomic E-state index is 12.4. The summed E-state index contributed by atoms with van der Waals surface area (Å²) in [5, 5.41) is 0. The fraction of sp³-hybridized carbons (Fsp3) is 0.0952. The number of carbonyl (C=O) groups excluding carboxylic acids is 1. The highest BCUT2D eigenvalue weighted by Gasteiger charge is 2.28. The number of para-hydroxylation sites is 1. The van der Waals surface area contributed by atoms with E-state index >= 15 is 0 Å². The molecule has 1 aromatic heterocycles. The predicted octanol–water partition coefficient (Wildman–Crippen LogP) is 4.48. The lowest BCUT2D eigenvalue weighted by molar-refractivity contribution is 0.101. The summed E-state index contributed by atoms with van der Waals surface area (Å²) in [5.74, 6) is 2.48. The van der Waals surface area contributed by atoms with Crippen LogP contribution in [0.2, 0.25) is 0 Å². The molecule has 0 saturated heterocycles. The lowest BCUT2D eigenvalue weighted by Crippen LogP contribution is -1.98. The summed E-state index contributed by atoms with van der Waals surface area (Å²) in [7, 11) is 1.63. The van der Waals surface area contributed by atoms with Crippen LogP contribution in [0.4, 0.5) is 0 Å². The first-order valence-corrected chi connectivity index (χ1v) is 8.11. The maximum Gasteiger partial charge on any atom is 0.232 e. The Labute approximate surface area is 150 Å². The van der Waals surface area contributed by atoms with Gasteiger partial charge in [-0.05, 0) is 30.3 Å². The van der Waals surface area contributed by atoms with E-state index in [9.17, 15) is 4.79 Å². The van der Waals surface area contributed by atoms with E-state index < -0.39 is 0 Å². The molecule has 1 aliphatic heterocycles. The highest BCUT2D eigenvalue weighted by Crippen LogP contribution is 2.35. The molecule has 0 fully saturated rings. The minimum Gasteiger partial charge on any atom is -0.496 e. The van der Waals surface area contributed by atoms with Gasteiger partial charge in [0.05, 0.1) is 18.9 Å². The molecule has 2 aromatic carbocycles. The van der Waals surface area contributed by atoms with Gasteiger partial charge in [0.1, 0.15) is 29.6 Å². The molecule has 0 radical (unpaired) electrons. The molecule has 130 valence electrons. The van der Waals surface area contributed by atoms with E-state index in [0.717, 1.165) is 11.3 Å². The first kappa shape index (κ1) is 16.0. The van der Waals surface area contributed by atoms with Gasteiger partial charge in [0.25, 0.3) is 0 Å². The third kappa shape index (κ3) is 3.07. The molecule has 4 rings (SSSR count). The molecule has 0 saturated carbocycles. The molecule has 0 amide bonds. The van der Waals surface area contributed by atoms with Crippen molar-refractivity contribution < 1.29 is 23.4 Å². The minimum absolute atomic E-state index is 0.173. The van der Waals surface area contributed by atoms with E-state index in [4.69, 9.17) is 18.6 Å². The predicted molar refractivity (Wildman–Crippen MR) is 95.4 cm³/mol. The van der Waals surface area contributed by atoms with E-state index in [0.29, 0.717) is 29.4 Å². The standard InChI is InChI=1S/C21H16O5/c1-23-18-7-3-2-5-14(18)13-25-16-8-9-17-19(11-16)26-20(21(17)22)12-15-6-4-10-24-15/h2-12H,13H2,1H3/b20-12-. The van der Waals surface area contributed by atoms with Crippen LogP contribution < -0.4 is 14.2 Å². The molecule has 26 heavy (non-hydrogen) atoms. The van der Waals surface area contributed by atoms with Crippen LogP contribution in [0.25, 0.3) is 6.08 Å². The Hall–Kier alpha value is -3.47. The van der Waals surface area contributed by atoms with Gasteiger partial charge in [-0.25, -0.2) is 0 Å². The van der Waals surface area contributed by atoms with Crippen molar-refractivity contribution in [3.63, 3.8) is 0 Å². The Bertz CT molecular complexity index is 970. The molecule has 5 nitrogen and oxygen atoms in total. The monoisotopic (exact) mass is 348 g/mol. The first-order chi connectivity index (χ1) is 12.7. The number of methoxy groups -OCH3 is 1. The van der Waals surface area contributed by atoms with Gasteiger partial charge in [-0.3, -0.25) is 4.79 Å². The van der Waals surface area contributed by atoms with Crippen LogP contribution in [0.1, 0.15) is 21.7 Å². The summed E-state index contributed by atoms with van der Waals surface area (Å²) >= 11 is 0. The number of allylic oxidation sites excluding steroid dienone is 1. The molecule has 0 spiro atoms. The zero-order chi connectivity index (χ0) is 17.9. The average Bonchev–Trinajstić information content (AvgIpc) is 3.29. The van der Waals surface area contributed by atoms with Crippen molar-refractivity contribution >= 4 is 11.9 Å². The van der Waals surface area contributed by atoms with Crippen LogP contribution in [-0.2, 0) is 6.61 Å². The number of benzene rings is 2. The molecule has 1 aliphatic rings. The van der Waals surface area contributed by atoms with Crippen LogP contribution in [0, 0.1) is 0 Å². The zero-order valence-corrected chi connectivity index (χ0v) is 14.1. The van der Waals surface area contributed by atoms with Gasteiger partial charge in [-0.15, -0.1) is 0 Å². The number of hydrogen-bond acceptors (Lipinski definition) is 5. The van der Waals surface area contributed by atoms with Gasteiger partial charge in [-0.2, -0.15) is 0 Å². The highest BCUT2D eigenvalue weighted by molar-refractivity contribution is 6.14. The third-order valence-electron chi connectivity index (χ3n) is 4.04. The highest BCUT2D eigenvalue weighted by atomic mass is 16.5. The smallest absolute Gasteiger partial charge is 0.232 e. The minimum atomic E-state index is -0.173. The van der Waals surface area contributed by atoms with E-state index in [-0.39, 0.29) is 11.5 Å². The maximum absolute atomic E-state index is 12.4. The van der Waals surface area contributed by atoms with E-state index in [1.165, 1.54) is 0 Å². The van der Waals surface area contributed by atoms with Gasteiger partial charge >= 0.3 is 0 Å². The van der Waals surface area contributed by atoms with E-state index in [2.05, 4.69) is 0 Å². The summed E-state index contributed by atoms with van der Waals surface area (Å²) in [5.41, 5.74) is 1.44.